The number of nitrogens with two attached hydrogens (primary N) is 1. The van der Waals surface area contributed by atoms with E-state index in [0.717, 1.165) is 60.0 Å². The van der Waals surface area contributed by atoms with Crippen LogP contribution < -0.4 is 21.7 Å². The summed E-state index contributed by atoms with van der Waals surface area (Å²) < 4.78 is 7.38. The first-order valence-electron chi connectivity index (χ1n) is 14.9. The van der Waals surface area contributed by atoms with Gasteiger partial charge in [0.2, 0.25) is 5.96 Å². The Labute approximate surface area is 261 Å². The molecule has 6 N–H and O–H groups in total. The molecule has 0 atom stereocenters. The monoisotopic (exact) mass is 616 g/mol. The lowest BCUT2D eigenvalue weighted by atomic mass is 10.1. The van der Waals surface area contributed by atoms with Gasteiger partial charge in [-0.1, -0.05) is 37.3 Å². The maximum absolute atomic E-state index is 12.8. The summed E-state index contributed by atoms with van der Waals surface area (Å²) in [5, 5.41) is 17.4. The number of nitrogen functional groups attached to an aromatic ring is 1. The molecule has 4 rings (SSSR count). The molecular formula is C32H40N8O5. The summed E-state index contributed by atoms with van der Waals surface area (Å²) in [4.78, 5) is 49.4. The SMILES string of the molecule is CCCc1nc2c(N)nc3ccccc3c2n1CCCCNC(=O)c1ccc(CN=C(NC(=O)O)NC(=O)OC(C)(C)C)cc1. The van der Waals surface area contributed by atoms with E-state index >= 15 is 0 Å². The Morgan fingerprint density at radius 3 is 2.44 bits per heavy atom. The third-order valence-electron chi connectivity index (χ3n) is 6.74. The first kappa shape index (κ1) is 32.7. The van der Waals surface area contributed by atoms with Crippen LogP contribution in [0.3, 0.4) is 0 Å². The number of rotatable bonds is 10. The van der Waals surface area contributed by atoms with Gasteiger partial charge in [0.25, 0.3) is 5.91 Å². The maximum Gasteiger partial charge on any atom is 0.414 e. The highest BCUT2D eigenvalue weighted by Gasteiger charge is 2.19. The van der Waals surface area contributed by atoms with Crippen molar-refractivity contribution in [3.05, 3.63) is 65.5 Å². The average molecular weight is 617 g/mol. The fraction of sp³-hybridized carbons (Fsp3) is 0.375. The molecule has 0 saturated heterocycles. The number of ether oxygens (including phenoxy) is 1. The number of hydrogen-bond donors (Lipinski definition) is 5. The number of aliphatic imine (C=N–C) groups is 1. The van der Waals surface area contributed by atoms with Crippen molar-refractivity contribution in [3.63, 3.8) is 0 Å². The molecule has 0 aliphatic heterocycles. The van der Waals surface area contributed by atoms with Crippen LogP contribution in [0.1, 0.15) is 68.7 Å². The van der Waals surface area contributed by atoms with E-state index in [1.807, 2.05) is 29.6 Å². The zero-order valence-corrected chi connectivity index (χ0v) is 26.0. The molecule has 0 spiro atoms. The molecule has 45 heavy (non-hydrogen) atoms. The third kappa shape index (κ3) is 8.91. The Morgan fingerprint density at radius 1 is 1.02 bits per heavy atom. The Balaban J connectivity index is 1.32. The number of guanidine groups is 1. The van der Waals surface area contributed by atoms with Crippen molar-refractivity contribution < 1.29 is 24.2 Å². The fourth-order valence-corrected chi connectivity index (χ4v) is 4.80. The molecule has 0 fully saturated rings. The number of nitrogens with zero attached hydrogens (tertiary/aromatic N) is 4. The Kier molecular flexibility index (Phi) is 10.6. The fourth-order valence-electron chi connectivity index (χ4n) is 4.80. The summed E-state index contributed by atoms with van der Waals surface area (Å²) in [6, 6.07) is 14.7. The van der Waals surface area contributed by atoms with E-state index in [2.05, 4.69) is 32.1 Å². The van der Waals surface area contributed by atoms with Gasteiger partial charge in [-0.3, -0.25) is 15.4 Å². The summed E-state index contributed by atoms with van der Waals surface area (Å²) in [7, 11) is 0. The number of carbonyl (C=O) groups excluding carboxylic acids is 2. The number of para-hydroxylation sites is 1. The van der Waals surface area contributed by atoms with Crippen molar-refractivity contribution in [1.82, 2.24) is 30.5 Å². The number of alkyl carbamates (subject to hydrolysis) is 1. The van der Waals surface area contributed by atoms with Crippen LogP contribution in [0.4, 0.5) is 15.4 Å². The van der Waals surface area contributed by atoms with Crippen molar-refractivity contribution in [2.75, 3.05) is 12.3 Å². The summed E-state index contributed by atoms with van der Waals surface area (Å²) in [6.45, 7) is 8.50. The highest BCUT2D eigenvalue weighted by Crippen LogP contribution is 2.29. The predicted molar refractivity (Wildman–Crippen MR) is 173 cm³/mol. The average Bonchev–Trinajstić information content (AvgIpc) is 3.33. The number of unbranched alkanes of at least 4 members (excludes halogenated alkanes) is 1. The van der Waals surface area contributed by atoms with E-state index in [1.165, 1.54) is 0 Å². The summed E-state index contributed by atoms with van der Waals surface area (Å²) in [5.41, 5.74) is 9.28. The van der Waals surface area contributed by atoms with Crippen LogP contribution in [-0.2, 0) is 24.2 Å². The van der Waals surface area contributed by atoms with Gasteiger partial charge in [-0.25, -0.2) is 24.5 Å². The number of amides is 3. The van der Waals surface area contributed by atoms with Gasteiger partial charge in [0.1, 0.15) is 16.9 Å². The van der Waals surface area contributed by atoms with Crippen LogP contribution in [0.25, 0.3) is 21.9 Å². The number of nitrogens with one attached hydrogen (secondary N) is 3. The number of imidazole rings is 1. The smallest absolute Gasteiger partial charge is 0.414 e. The minimum Gasteiger partial charge on any atom is -0.465 e. The highest BCUT2D eigenvalue weighted by atomic mass is 16.6. The van der Waals surface area contributed by atoms with Crippen LogP contribution in [0.15, 0.2) is 53.5 Å². The zero-order chi connectivity index (χ0) is 32.6. The van der Waals surface area contributed by atoms with E-state index in [0.29, 0.717) is 23.5 Å². The van der Waals surface area contributed by atoms with Crippen LogP contribution >= 0.6 is 0 Å². The van der Waals surface area contributed by atoms with Crippen molar-refractivity contribution in [1.29, 1.82) is 0 Å². The lowest BCUT2D eigenvalue weighted by molar-refractivity contribution is 0.0561. The van der Waals surface area contributed by atoms with Gasteiger partial charge in [-0.2, -0.15) is 0 Å². The molecule has 0 aliphatic carbocycles. The normalized spacial score (nSPS) is 11.9. The van der Waals surface area contributed by atoms with Crippen molar-refractivity contribution in [2.45, 2.75) is 72.1 Å². The number of aryl methyl sites for hydroxylation is 2. The van der Waals surface area contributed by atoms with Gasteiger partial charge in [-0.15, -0.1) is 0 Å². The van der Waals surface area contributed by atoms with Crippen molar-refractivity contribution in [2.24, 2.45) is 4.99 Å². The summed E-state index contributed by atoms with van der Waals surface area (Å²) in [5.74, 6) is 0.948. The molecule has 0 saturated carbocycles. The Bertz CT molecular complexity index is 1710. The van der Waals surface area contributed by atoms with Gasteiger partial charge < -0.3 is 25.5 Å². The lowest BCUT2D eigenvalue weighted by Crippen LogP contribution is -2.45. The molecule has 4 aromatic rings. The molecule has 0 bridgehead atoms. The molecule has 13 nitrogen and oxygen atoms in total. The van der Waals surface area contributed by atoms with Crippen LogP contribution in [0.5, 0.6) is 0 Å². The number of pyridine rings is 1. The number of hydrogen-bond acceptors (Lipinski definition) is 8. The second-order valence-corrected chi connectivity index (χ2v) is 11.5. The molecule has 3 amide bonds. The first-order valence-corrected chi connectivity index (χ1v) is 14.9. The summed E-state index contributed by atoms with van der Waals surface area (Å²) in [6.07, 6.45) is 1.17. The van der Waals surface area contributed by atoms with Crippen LogP contribution in [0, 0.1) is 0 Å². The van der Waals surface area contributed by atoms with E-state index in [4.69, 9.17) is 20.6 Å². The topological polar surface area (TPSA) is 186 Å². The minimum absolute atomic E-state index is 0.0628. The van der Waals surface area contributed by atoms with E-state index in [-0.39, 0.29) is 18.4 Å². The summed E-state index contributed by atoms with van der Waals surface area (Å²) >= 11 is 0. The molecule has 2 aromatic heterocycles. The molecule has 13 heteroatoms. The molecule has 2 aromatic carbocycles. The van der Waals surface area contributed by atoms with E-state index in [9.17, 15) is 14.4 Å². The maximum atomic E-state index is 12.8. The second-order valence-electron chi connectivity index (χ2n) is 11.5. The highest BCUT2D eigenvalue weighted by molar-refractivity contribution is 6.06. The lowest BCUT2D eigenvalue weighted by Gasteiger charge is -2.20. The predicted octanol–water partition coefficient (Wildman–Crippen LogP) is 4.98. The largest absolute Gasteiger partial charge is 0.465 e. The second kappa shape index (κ2) is 14.5. The van der Waals surface area contributed by atoms with Gasteiger partial charge in [-0.05, 0) is 63.8 Å². The molecule has 238 valence electrons. The van der Waals surface area contributed by atoms with Crippen molar-refractivity contribution in [3.8, 4) is 0 Å². The van der Waals surface area contributed by atoms with Gasteiger partial charge >= 0.3 is 12.2 Å². The Morgan fingerprint density at radius 2 is 1.76 bits per heavy atom. The Hall–Kier alpha value is -5.20. The number of anilines is 1. The van der Waals surface area contributed by atoms with E-state index < -0.39 is 17.8 Å². The van der Waals surface area contributed by atoms with E-state index in [1.54, 1.807) is 45.0 Å². The van der Waals surface area contributed by atoms with Gasteiger partial charge in [0, 0.05) is 30.5 Å². The number of carbonyl (C=O) groups is 3. The quantitative estimate of drug-likeness (QED) is 0.0938. The van der Waals surface area contributed by atoms with Crippen molar-refractivity contribution >= 4 is 51.8 Å². The zero-order valence-electron chi connectivity index (χ0n) is 26.0. The molecule has 0 aliphatic rings. The minimum atomic E-state index is -1.38. The number of carboxylic acid groups (broad SMARTS) is 1. The number of aromatic nitrogens is 3. The number of benzene rings is 2. The van der Waals surface area contributed by atoms with Crippen LogP contribution in [0.2, 0.25) is 0 Å². The van der Waals surface area contributed by atoms with Gasteiger partial charge in [0.05, 0.1) is 17.6 Å². The van der Waals surface area contributed by atoms with Gasteiger partial charge in [0.15, 0.2) is 5.82 Å². The first-order chi connectivity index (χ1) is 21.4. The molecule has 2 heterocycles. The molecule has 0 unspecified atom stereocenters. The standard InChI is InChI=1S/C32H40N8O5/c1-5-10-24-37-25-26(22-11-6-7-12-23(22)36-27(25)33)40(24)18-9-8-17-34-28(41)21-15-13-20(14-16-21)19-35-29(38-30(42)43)39-31(44)45-32(2,3)4/h6-7,11-16H,5,8-10,17-19H2,1-4H3,(H2,33,36)(H,34,41)(H,42,43)(H2,35,38,39,44). The number of fused-ring (bicyclic) bond motifs is 3. The molecule has 0 radical (unpaired) electrons. The van der Waals surface area contributed by atoms with Crippen LogP contribution in [-0.4, -0.2) is 55.8 Å². The molecular weight excluding hydrogens is 576 g/mol. The third-order valence-corrected chi connectivity index (χ3v) is 6.74.